The van der Waals surface area contributed by atoms with Gasteiger partial charge in [0.1, 0.15) is 5.82 Å². The van der Waals surface area contributed by atoms with Crippen LogP contribution in [0.15, 0.2) is 23.3 Å². The average molecular weight is 306 g/mol. The monoisotopic (exact) mass is 306 g/mol. The molecular weight excluding hydrogens is 288 g/mol. The van der Waals surface area contributed by atoms with E-state index in [0.29, 0.717) is 28.7 Å². The molecule has 2 rings (SSSR count). The minimum Gasteiger partial charge on any atom is -0.493 e. The molecule has 0 saturated carbocycles. The highest BCUT2D eigenvalue weighted by atomic mass is 32.1. The predicted molar refractivity (Wildman–Crippen MR) is 83.9 cm³/mol. The number of nitrogens with zero attached hydrogens (tertiary/aromatic N) is 3. The molecule has 0 unspecified atom stereocenters. The molecule has 0 amide bonds. The Hall–Kier alpha value is -2.15. The van der Waals surface area contributed by atoms with Crippen molar-refractivity contribution in [3.8, 4) is 11.5 Å². The van der Waals surface area contributed by atoms with Gasteiger partial charge in [-0.25, -0.2) is 0 Å². The van der Waals surface area contributed by atoms with E-state index in [9.17, 15) is 0 Å². The first-order valence-corrected chi connectivity index (χ1v) is 7.05. The largest absolute Gasteiger partial charge is 0.493 e. The maximum atomic E-state index is 5.67. The second-order valence-electron chi connectivity index (χ2n) is 4.39. The summed E-state index contributed by atoms with van der Waals surface area (Å²) in [6.07, 6.45) is 2.64. The zero-order valence-electron chi connectivity index (χ0n) is 12.3. The standard InChI is InChI=1S/C14H18N4O2S/c1-4-7-20-13-8-11(5-6-12(13)19-3)9-15-18-10(2)16-17-14(18)21/h5-6,8-9H,4,7H2,1-3H3,(H,17,21)/b15-9-. The predicted octanol–water partition coefficient (Wildman–Crippen LogP) is 2.93. The summed E-state index contributed by atoms with van der Waals surface area (Å²) in [6, 6.07) is 5.64. The van der Waals surface area contributed by atoms with Crippen LogP contribution in [0.4, 0.5) is 0 Å². The Morgan fingerprint density at radius 1 is 1.43 bits per heavy atom. The van der Waals surface area contributed by atoms with Gasteiger partial charge in [0.25, 0.3) is 0 Å². The summed E-state index contributed by atoms with van der Waals surface area (Å²) in [4.78, 5) is 0. The molecule has 1 heterocycles. The van der Waals surface area contributed by atoms with Gasteiger partial charge in [-0.2, -0.15) is 14.9 Å². The molecule has 0 aliphatic rings. The number of aromatic amines is 1. The Morgan fingerprint density at radius 3 is 2.86 bits per heavy atom. The third-order valence-electron chi connectivity index (χ3n) is 2.78. The van der Waals surface area contributed by atoms with Crippen LogP contribution in [0.2, 0.25) is 0 Å². The van der Waals surface area contributed by atoms with Crippen LogP contribution < -0.4 is 9.47 Å². The summed E-state index contributed by atoms with van der Waals surface area (Å²) >= 11 is 5.10. The minimum atomic E-state index is 0.458. The summed E-state index contributed by atoms with van der Waals surface area (Å²) in [5, 5.41) is 11.0. The second kappa shape index (κ2) is 7.03. The second-order valence-corrected chi connectivity index (χ2v) is 4.78. The Bertz CT molecular complexity index is 691. The lowest BCUT2D eigenvalue weighted by molar-refractivity contribution is 0.294. The van der Waals surface area contributed by atoms with Gasteiger partial charge in [0, 0.05) is 0 Å². The maximum absolute atomic E-state index is 5.67. The van der Waals surface area contributed by atoms with E-state index in [1.165, 1.54) is 0 Å². The normalized spacial score (nSPS) is 11.0. The van der Waals surface area contributed by atoms with E-state index in [1.54, 1.807) is 18.0 Å². The molecule has 0 aliphatic heterocycles. The third-order valence-corrected chi connectivity index (χ3v) is 3.05. The van der Waals surface area contributed by atoms with Crippen LogP contribution in [0.3, 0.4) is 0 Å². The zero-order chi connectivity index (χ0) is 15.2. The number of methoxy groups -OCH3 is 1. The average Bonchev–Trinajstić information content (AvgIpc) is 2.82. The summed E-state index contributed by atoms with van der Waals surface area (Å²) < 4.78 is 13.0. The first kappa shape index (κ1) is 15.2. The molecule has 1 aromatic carbocycles. The summed E-state index contributed by atoms with van der Waals surface area (Å²) in [5.41, 5.74) is 0.893. The van der Waals surface area contributed by atoms with Crippen molar-refractivity contribution < 1.29 is 9.47 Å². The Balaban J connectivity index is 2.26. The van der Waals surface area contributed by atoms with Gasteiger partial charge in [-0.1, -0.05) is 6.92 Å². The van der Waals surface area contributed by atoms with Gasteiger partial charge in [-0.15, -0.1) is 0 Å². The van der Waals surface area contributed by atoms with Crippen molar-refractivity contribution in [2.24, 2.45) is 5.10 Å². The van der Waals surface area contributed by atoms with Crippen LogP contribution in [0.1, 0.15) is 24.7 Å². The van der Waals surface area contributed by atoms with E-state index < -0.39 is 0 Å². The lowest BCUT2D eigenvalue weighted by Crippen LogP contribution is -1.99. The van der Waals surface area contributed by atoms with E-state index in [2.05, 4.69) is 22.2 Å². The smallest absolute Gasteiger partial charge is 0.216 e. The Morgan fingerprint density at radius 2 is 2.24 bits per heavy atom. The summed E-state index contributed by atoms with van der Waals surface area (Å²) in [6.45, 7) is 4.53. The van der Waals surface area contributed by atoms with Crippen molar-refractivity contribution in [2.45, 2.75) is 20.3 Å². The number of H-pyrrole nitrogens is 1. The van der Waals surface area contributed by atoms with Gasteiger partial charge in [0.15, 0.2) is 11.5 Å². The van der Waals surface area contributed by atoms with Crippen LogP contribution in [0, 0.1) is 11.7 Å². The van der Waals surface area contributed by atoms with Crippen LogP contribution >= 0.6 is 12.2 Å². The molecular formula is C14H18N4O2S. The first-order chi connectivity index (χ1) is 10.2. The lowest BCUT2D eigenvalue weighted by Gasteiger charge is -2.10. The molecule has 7 heteroatoms. The molecule has 0 aliphatic carbocycles. The van der Waals surface area contributed by atoms with E-state index in [0.717, 1.165) is 12.0 Å². The number of ether oxygens (including phenoxy) is 2. The van der Waals surface area contributed by atoms with Crippen molar-refractivity contribution in [3.63, 3.8) is 0 Å². The summed E-state index contributed by atoms with van der Waals surface area (Å²) in [7, 11) is 1.62. The number of aryl methyl sites for hydroxylation is 1. The van der Waals surface area contributed by atoms with Crippen molar-refractivity contribution in [1.29, 1.82) is 0 Å². The van der Waals surface area contributed by atoms with Gasteiger partial charge >= 0.3 is 0 Å². The van der Waals surface area contributed by atoms with E-state index >= 15 is 0 Å². The van der Waals surface area contributed by atoms with Crippen LogP contribution in [0.25, 0.3) is 0 Å². The van der Waals surface area contributed by atoms with Crippen molar-refractivity contribution in [2.75, 3.05) is 13.7 Å². The number of hydrogen-bond acceptors (Lipinski definition) is 5. The fourth-order valence-corrected chi connectivity index (χ4v) is 1.95. The molecule has 1 N–H and O–H groups in total. The Labute approximate surface area is 128 Å². The maximum Gasteiger partial charge on any atom is 0.216 e. The molecule has 2 aromatic rings. The highest BCUT2D eigenvalue weighted by Gasteiger charge is 2.05. The zero-order valence-corrected chi connectivity index (χ0v) is 13.1. The molecule has 0 saturated heterocycles. The molecule has 6 nitrogen and oxygen atoms in total. The third kappa shape index (κ3) is 3.69. The molecule has 0 bridgehead atoms. The minimum absolute atomic E-state index is 0.458. The van der Waals surface area contributed by atoms with Gasteiger partial charge in [-0.05, 0) is 49.3 Å². The molecule has 1 aromatic heterocycles. The number of hydrogen-bond donors (Lipinski definition) is 1. The van der Waals surface area contributed by atoms with E-state index in [1.807, 2.05) is 25.1 Å². The Kier molecular flexibility index (Phi) is 5.10. The van der Waals surface area contributed by atoms with Crippen molar-refractivity contribution >= 4 is 18.4 Å². The van der Waals surface area contributed by atoms with Gasteiger partial charge in [-0.3, -0.25) is 5.10 Å². The highest BCUT2D eigenvalue weighted by molar-refractivity contribution is 7.71. The van der Waals surface area contributed by atoms with Crippen molar-refractivity contribution in [3.05, 3.63) is 34.4 Å². The lowest BCUT2D eigenvalue weighted by atomic mass is 10.2. The number of benzene rings is 1. The molecule has 112 valence electrons. The topological polar surface area (TPSA) is 64.4 Å². The quantitative estimate of drug-likeness (QED) is 0.658. The number of aromatic nitrogens is 3. The van der Waals surface area contributed by atoms with Gasteiger partial charge < -0.3 is 9.47 Å². The van der Waals surface area contributed by atoms with Gasteiger partial charge in [0.2, 0.25) is 4.77 Å². The molecule has 21 heavy (non-hydrogen) atoms. The van der Waals surface area contributed by atoms with Crippen LogP contribution in [-0.4, -0.2) is 34.8 Å². The highest BCUT2D eigenvalue weighted by Crippen LogP contribution is 2.27. The van der Waals surface area contributed by atoms with E-state index in [4.69, 9.17) is 21.7 Å². The van der Waals surface area contributed by atoms with Crippen molar-refractivity contribution in [1.82, 2.24) is 14.9 Å². The molecule has 0 radical (unpaired) electrons. The van der Waals surface area contributed by atoms with Gasteiger partial charge in [0.05, 0.1) is 19.9 Å². The summed E-state index contributed by atoms with van der Waals surface area (Å²) in [5.74, 6) is 2.11. The fourth-order valence-electron chi connectivity index (χ4n) is 1.73. The first-order valence-electron chi connectivity index (χ1n) is 6.65. The van der Waals surface area contributed by atoms with Crippen LogP contribution in [0.5, 0.6) is 11.5 Å². The molecule has 0 atom stereocenters. The van der Waals surface area contributed by atoms with Crippen LogP contribution in [-0.2, 0) is 0 Å². The number of nitrogens with one attached hydrogen (secondary N) is 1. The molecule has 0 spiro atoms. The van der Waals surface area contributed by atoms with E-state index in [-0.39, 0.29) is 0 Å². The number of rotatable bonds is 6. The SMILES string of the molecule is CCCOc1cc(/C=N\n2c(C)n[nH]c2=S)ccc1OC. The molecule has 0 fully saturated rings. The fraction of sp³-hybridized carbons (Fsp3) is 0.357.